The van der Waals surface area contributed by atoms with Crippen LogP contribution < -0.4 is 15.0 Å². The van der Waals surface area contributed by atoms with Gasteiger partial charge in [-0.25, -0.2) is 13.8 Å². The molecule has 1 N–H and O–H groups in total. The van der Waals surface area contributed by atoms with E-state index in [4.69, 9.17) is 27.9 Å². The summed E-state index contributed by atoms with van der Waals surface area (Å²) >= 11 is 13.1. The quantitative estimate of drug-likeness (QED) is 0.526. The van der Waals surface area contributed by atoms with Crippen LogP contribution in [-0.4, -0.2) is 61.7 Å². The maximum atomic E-state index is 13.9. The molecule has 1 aliphatic heterocycles. The third-order valence-electron chi connectivity index (χ3n) is 5.05. The van der Waals surface area contributed by atoms with Crippen LogP contribution in [-0.2, 0) is 4.79 Å². The number of ether oxygens (including phenoxy) is 1. The highest BCUT2D eigenvalue weighted by molar-refractivity contribution is 7.22. The molecule has 0 spiro atoms. The Morgan fingerprint density at radius 1 is 1.16 bits per heavy atom. The Labute approximate surface area is 197 Å². The van der Waals surface area contributed by atoms with E-state index in [1.165, 1.54) is 17.4 Å². The molecular formula is C21H20Cl2F2N4O2S. The Hall–Kier alpha value is -2.20. The molecule has 11 heteroatoms. The molecule has 1 fully saturated rings. The average Bonchev–Trinajstić information content (AvgIpc) is 3.18. The Morgan fingerprint density at radius 3 is 2.69 bits per heavy atom. The zero-order valence-corrected chi connectivity index (χ0v) is 19.2. The van der Waals surface area contributed by atoms with Crippen molar-refractivity contribution in [2.24, 2.45) is 0 Å². The third-order valence-corrected chi connectivity index (χ3v) is 6.64. The van der Waals surface area contributed by atoms with E-state index in [1.54, 1.807) is 18.2 Å². The lowest BCUT2D eigenvalue weighted by atomic mass is 10.3. The van der Waals surface area contributed by atoms with E-state index in [-0.39, 0.29) is 18.0 Å². The molecule has 0 saturated carbocycles. The van der Waals surface area contributed by atoms with Gasteiger partial charge in [-0.2, -0.15) is 0 Å². The number of anilines is 1. The van der Waals surface area contributed by atoms with Gasteiger partial charge in [0.05, 0.1) is 9.72 Å². The predicted octanol–water partition coefficient (Wildman–Crippen LogP) is 4.20. The Bertz CT molecular complexity index is 1120. The molecule has 0 radical (unpaired) electrons. The van der Waals surface area contributed by atoms with Crippen molar-refractivity contribution >= 4 is 55.8 Å². The fourth-order valence-electron chi connectivity index (χ4n) is 3.38. The van der Waals surface area contributed by atoms with Crippen molar-refractivity contribution in [2.45, 2.75) is 0 Å². The number of thiazole rings is 1. The lowest BCUT2D eigenvalue weighted by molar-refractivity contribution is -0.123. The number of nitrogens with zero attached hydrogens (tertiary/aromatic N) is 3. The third kappa shape index (κ3) is 5.58. The molecule has 1 saturated heterocycles. The van der Waals surface area contributed by atoms with Gasteiger partial charge in [0, 0.05) is 50.4 Å². The number of rotatable bonds is 7. The fraction of sp³-hybridized carbons (Fsp3) is 0.333. The zero-order valence-electron chi connectivity index (χ0n) is 16.9. The first-order chi connectivity index (χ1) is 15.4. The Balaban J connectivity index is 1.19. The number of fused-ring (bicyclic) bond motifs is 1. The minimum Gasteiger partial charge on any atom is -0.482 e. The minimum atomic E-state index is -0.640. The molecule has 0 atom stereocenters. The van der Waals surface area contributed by atoms with Crippen molar-refractivity contribution < 1.29 is 18.3 Å². The van der Waals surface area contributed by atoms with Gasteiger partial charge in [0.25, 0.3) is 5.91 Å². The maximum absolute atomic E-state index is 13.9. The first kappa shape index (κ1) is 23.0. The number of hydrogen-bond acceptors (Lipinski definition) is 6. The van der Waals surface area contributed by atoms with Crippen LogP contribution in [0.25, 0.3) is 10.2 Å². The minimum absolute atomic E-state index is 0.135. The fourth-order valence-corrected chi connectivity index (χ4v) is 4.90. The predicted molar refractivity (Wildman–Crippen MR) is 123 cm³/mol. The largest absolute Gasteiger partial charge is 0.482 e. The van der Waals surface area contributed by atoms with Gasteiger partial charge in [0.2, 0.25) is 0 Å². The first-order valence-electron chi connectivity index (χ1n) is 9.96. The number of benzene rings is 2. The molecule has 0 bridgehead atoms. The number of halogens is 4. The summed E-state index contributed by atoms with van der Waals surface area (Å²) in [5.74, 6) is -1.07. The highest BCUT2D eigenvalue weighted by Gasteiger charge is 2.21. The molecule has 0 unspecified atom stereocenters. The second-order valence-corrected chi connectivity index (χ2v) is 9.13. The van der Waals surface area contributed by atoms with Crippen molar-refractivity contribution in [1.82, 2.24) is 15.2 Å². The van der Waals surface area contributed by atoms with Gasteiger partial charge in [0.1, 0.15) is 17.1 Å². The standard InChI is InChI=1S/C21H20Cl2F2N4O2S/c22-13-1-2-17(15(23)9-13)31-12-19(30)26-3-4-28-5-7-29(8-6-28)21-27-20-16(25)10-14(24)11-18(20)32-21/h1-2,9-11H,3-8,12H2,(H,26,30). The molecular weight excluding hydrogens is 481 g/mol. The van der Waals surface area contributed by atoms with Crippen LogP contribution in [0.1, 0.15) is 0 Å². The van der Waals surface area contributed by atoms with Crippen LogP contribution in [0.15, 0.2) is 30.3 Å². The van der Waals surface area contributed by atoms with Gasteiger partial charge >= 0.3 is 0 Å². The van der Waals surface area contributed by atoms with Crippen LogP contribution in [0.4, 0.5) is 13.9 Å². The lowest BCUT2D eigenvalue weighted by Crippen LogP contribution is -2.48. The number of aromatic nitrogens is 1. The summed E-state index contributed by atoms with van der Waals surface area (Å²) in [6.07, 6.45) is 0. The molecule has 2 heterocycles. The number of amides is 1. The summed E-state index contributed by atoms with van der Waals surface area (Å²) in [5.41, 5.74) is 0.207. The topological polar surface area (TPSA) is 57.7 Å². The van der Waals surface area contributed by atoms with Crippen molar-refractivity contribution in [3.63, 3.8) is 0 Å². The summed E-state index contributed by atoms with van der Waals surface area (Å²) < 4.78 is 33.2. The van der Waals surface area contributed by atoms with Crippen LogP contribution in [0.2, 0.25) is 10.0 Å². The monoisotopic (exact) mass is 500 g/mol. The molecule has 1 amide bonds. The van der Waals surface area contributed by atoms with E-state index in [9.17, 15) is 13.6 Å². The molecule has 1 aliphatic rings. The highest BCUT2D eigenvalue weighted by atomic mass is 35.5. The van der Waals surface area contributed by atoms with Gasteiger partial charge in [-0.3, -0.25) is 9.69 Å². The zero-order chi connectivity index (χ0) is 22.7. The SMILES string of the molecule is O=C(COc1ccc(Cl)cc1Cl)NCCN1CCN(c2nc3c(F)cc(F)cc3s2)CC1. The molecule has 1 aromatic heterocycles. The van der Waals surface area contributed by atoms with E-state index in [0.29, 0.717) is 38.7 Å². The van der Waals surface area contributed by atoms with E-state index < -0.39 is 11.6 Å². The van der Waals surface area contributed by atoms with E-state index in [1.807, 2.05) is 0 Å². The van der Waals surface area contributed by atoms with E-state index in [2.05, 4.69) is 20.1 Å². The number of carbonyl (C=O) groups excluding carboxylic acids is 1. The first-order valence-corrected chi connectivity index (χ1v) is 11.5. The second-order valence-electron chi connectivity index (χ2n) is 7.27. The van der Waals surface area contributed by atoms with Gasteiger partial charge < -0.3 is 15.0 Å². The van der Waals surface area contributed by atoms with Gasteiger partial charge in [-0.1, -0.05) is 34.5 Å². The smallest absolute Gasteiger partial charge is 0.257 e. The molecule has 32 heavy (non-hydrogen) atoms. The summed E-state index contributed by atoms with van der Waals surface area (Å²) in [6, 6.07) is 6.98. The van der Waals surface area contributed by atoms with Gasteiger partial charge in [-0.15, -0.1) is 0 Å². The summed E-state index contributed by atoms with van der Waals surface area (Å²) in [7, 11) is 0. The Morgan fingerprint density at radius 2 is 1.94 bits per heavy atom. The van der Waals surface area contributed by atoms with Crippen LogP contribution in [0, 0.1) is 11.6 Å². The van der Waals surface area contributed by atoms with E-state index in [0.717, 1.165) is 32.2 Å². The number of hydrogen-bond donors (Lipinski definition) is 1. The number of piperazine rings is 1. The molecule has 4 rings (SSSR count). The van der Waals surface area contributed by atoms with Gasteiger partial charge in [0.15, 0.2) is 17.6 Å². The van der Waals surface area contributed by atoms with Crippen LogP contribution in [0.3, 0.4) is 0 Å². The van der Waals surface area contributed by atoms with Crippen molar-refractivity contribution in [1.29, 1.82) is 0 Å². The summed E-state index contributed by atoms with van der Waals surface area (Å²) in [5, 5.41) is 4.37. The maximum Gasteiger partial charge on any atom is 0.257 e. The molecule has 6 nitrogen and oxygen atoms in total. The molecule has 2 aromatic carbocycles. The lowest BCUT2D eigenvalue weighted by Gasteiger charge is -2.34. The van der Waals surface area contributed by atoms with Crippen molar-refractivity contribution in [3.05, 3.63) is 52.0 Å². The average molecular weight is 501 g/mol. The number of nitrogens with one attached hydrogen (secondary N) is 1. The molecule has 170 valence electrons. The molecule has 3 aromatic rings. The van der Waals surface area contributed by atoms with Crippen LogP contribution in [0.5, 0.6) is 5.75 Å². The van der Waals surface area contributed by atoms with Gasteiger partial charge in [-0.05, 0) is 24.3 Å². The Kier molecular flexibility index (Phi) is 7.30. The van der Waals surface area contributed by atoms with E-state index >= 15 is 0 Å². The summed E-state index contributed by atoms with van der Waals surface area (Å²) in [4.78, 5) is 20.6. The highest BCUT2D eigenvalue weighted by Crippen LogP contribution is 2.31. The van der Waals surface area contributed by atoms with Crippen LogP contribution >= 0.6 is 34.5 Å². The molecule has 0 aliphatic carbocycles. The normalized spacial score (nSPS) is 14.7. The summed E-state index contributed by atoms with van der Waals surface area (Å²) in [6.45, 7) is 4.04. The van der Waals surface area contributed by atoms with Crippen molar-refractivity contribution in [2.75, 3.05) is 50.8 Å². The van der Waals surface area contributed by atoms with Crippen molar-refractivity contribution in [3.8, 4) is 5.75 Å². The number of carbonyl (C=O) groups is 1. The second kappa shape index (κ2) is 10.2.